The first-order valence-corrected chi connectivity index (χ1v) is 12.1. The average Bonchev–Trinajstić information content (AvgIpc) is 3.38. The van der Waals surface area contributed by atoms with Gasteiger partial charge in [0, 0.05) is 0 Å². The van der Waals surface area contributed by atoms with Gasteiger partial charge in [-0.25, -0.2) is 11.1 Å². The van der Waals surface area contributed by atoms with Crippen molar-refractivity contribution in [3.63, 3.8) is 0 Å². The second-order valence-corrected chi connectivity index (χ2v) is 9.40. The Morgan fingerprint density at radius 1 is 0.514 bits per heavy atom. The zero-order valence-electron chi connectivity index (χ0n) is 21.6. The van der Waals surface area contributed by atoms with Crippen LogP contribution in [0.15, 0.2) is 108 Å². The monoisotopic (exact) mass is 598 g/mol. The van der Waals surface area contributed by atoms with Crippen LogP contribution in [0, 0.1) is 24.0 Å². The number of hydrogen-bond donors (Lipinski definition) is 0. The number of allylic oxidation sites excluding steroid dienone is 8. The van der Waals surface area contributed by atoms with Crippen LogP contribution in [0.25, 0.3) is 32.7 Å². The minimum atomic E-state index is 0. The van der Waals surface area contributed by atoms with Gasteiger partial charge in [0.25, 0.3) is 0 Å². The molecule has 4 aromatic rings. The quantitative estimate of drug-likeness (QED) is 0.310. The Morgan fingerprint density at radius 2 is 0.865 bits per heavy atom. The van der Waals surface area contributed by atoms with E-state index in [1.54, 1.807) is 0 Å². The van der Waals surface area contributed by atoms with Crippen molar-refractivity contribution in [1.29, 1.82) is 0 Å². The maximum atomic E-state index is 3.44. The summed E-state index contributed by atoms with van der Waals surface area (Å²) in [6.45, 7) is 8.64. The first-order valence-electron chi connectivity index (χ1n) is 12.1. The Hall–Kier alpha value is -2.18. The molecule has 2 aliphatic rings. The molecule has 2 unspecified atom stereocenters. The van der Waals surface area contributed by atoms with Crippen LogP contribution < -0.4 is 24.8 Å². The second kappa shape index (κ2) is 13.6. The van der Waals surface area contributed by atoms with Gasteiger partial charge in [-0.3, -0.25) is 12.2 Å². The Kier molecular flexibility index (Phi) is 11.4. The van der Waals surface area contributed by atoms with Gasteiger partial charge in [-0.1, -0.05) is 136 Å². The van der Waals surface area contributed by atoms with Crippen LogP contribution in [0.1, 0.15) is 38.8 Å². The van der Waals surface area contributed by atoms with Gasteiger partial charge < -0.3 is 24.8 Å². The number of hydrogen-bond acceptors (Lipinski definition) is 0. The Balaban J connectivity index is 0.000000241. The van der Waals surface area contributed by atoms with E-state index in [9.17, 15) is 0 Å². The topological polar surface area (TPSA) is 0 Å². The summed E-state index contributed by atoms with van der Waals surface area (Å²) in [6, 6.07) is 30.3. The van der Waals surface area contributed by atoms with Crippen molar-refractivity contribution in [2.45, 2.75) is 27.7 Å². The summed E-state index contributed by atoms with van der Waals surface area (Å²) in [7, 11) is 0. The third kappa shape index (κ3) is 7.03. The summed E-state index contributed by atoms with van der Waals surface area (Å²) >= 11 is 0. The van der Waals surface area contributed by atoms with Crippen LogP contribution in [0.4, 0.5) is 0 Å². The van der Waals surface area contributed by atoms with Crippen molar-refractivity contribution in [2.24, 2.45) is 11.8 Å². The normalized spacial score (nSPS) is 17.7. The molecule has 0 radical (unpaired) electrons. The standard InChI is InChI=1S/2C17H15.2ClH.Zr/c2*1-12-9-13(2)17(10-12)16-8-7-14-5-3-4-6-15(14)11-16;;;/h2*3-8,10-12H,1-2H3;2*1H;/q2*-1;;;+4/p-2. The number of halogens is 2. The third-order valence-corrected chi connectivity index (χ3v) is 6.65. The molecule has 0 N–H and O–H groups in total. The minimum absolute atomic E-state index is 0. The van der Waals surface area contributed by atoms with Crippen molar-refractivity contribution in [2.75, 3.05) is 0 Å². The summed E-state index contributed by atoms with van der Waals surface area (Å²) in [6.07, 6.45) is 11.5. The van der Waals surface area contributed by atoms with E-state index >= 15 is 0 Å². The first-order chi connectivity index (χ1) is 16.5. The first kappa shape index (κ1) is 31.0. The molecule has 0 aliphatic heterocycles. The van der Waals surface area contributed by atoms with Gasteiger partial charge in [0.1, 0.15) is 0 Å². The van der Waals surface area contributed by atoms with E-state index in [1.165, 1.54) is 55.0 Å². The predicted octanol–water partition coefficient (Wildman–Crippen LogP) is 3.25. The molecular weight excluding hydrogens is 571 g/mol. The second-order valence-electron chi connectivity index (χ2n) is 9.40. The summed E-state index contributed by atoms with van der Waals surface area (Å²) in [4.78, 5) is 0. The molecule has 0 saturated carbocycles. The van der Waals surface area contributed by atoms with Crippen molar-refractivity contribution in [1.82, 2.24) is 0 Å². The van der Waals surface area contributed by atoms with Crippen LogP contribution in [-0.2, 0) is 26.2 Å². The van der Waals surface area contributed by atoms with Crippen molar-refractivity contribution in [3.05, 3.63) is 132 Å². The number of fused-ring (bicyclic) bond motifs is 2. The van der Waals surface area contributed by atoms with Gasteiger partial charge >= 0.3 is 26.2 Å². The molecule has 4 aromatic carbocycles. The van der Waals surface area contributed by atoms with Crippen molar-refractivity contribution < 1.29 is 51.0 Å². The number of rotatable bonds is 2. The van der Waals surface area contributed by atoms with E-state index in [0.717, 1.165) is 0 Å². The molecule has 0 amide bonds. The van der Waals surface area contributed by atoms with Gasteiger partial charge in [0.15, 0.2) is 0 Å². The van der Waals surface area contributed by atoms with Crippen LogP contribution in [-0.4, -0.2) is 0 Å². The SMILES string of the molecule is CC1=[C-]C(C)C=C1c1ccc2ccccc2c1.CC1=[C-]C(C)C=C1c1ccc2ccccc2c1.[Cl-].[Cl-].[Zr+4]. The van der Waals surface area contributed by atoms with Crippen molar-refractivity contribution in [3.8, 4) is 0 Å². The molecule has 2 atom stereocenters. The summed E-state index contributed by atoms with van der Waals surface area (Å²) in [5, 5.41) is 5.21. The third-order valence-electron chi connectivity index (χ3n) is 6.65. The van der Waals surface area contributed by atoms with E-state index < -0.39 is 0 Å². The molecule has 37 heavy (non-hydrogen) atoms. The van der Waals surface area contributed by atoms with Gasteiger partial charge in [-0.15, -0.1) is 0 Å². The van der Waals surface area contributed by atoms with Crippen LogP contribution in [0.2, 0.25) is 0 Å². The zero-order valence-corrected chi connectivity index (χ0v) is 25.6. The Morgan fingerprint density at radius 3 is 1.19 bits per heavy atom. The molecule has 2 aliphatic carbocycles. The zero-order chi connectivity index (χ0) is 23.7. The number of benzene rings is 4. The van der Waals surface area contributed by atoms with E-state index in [-0.39, 0.29) is 51.0 Å². The fraction of sp³-hybridized carbons (Fsp3) is 0.176. The molecule has 0 fully saturated rings. The van der Waals surface area contributed by atoms with E-state index in [4.69, 9.17) is 0 Å². The molecule has 0 saturated heterocycles. The van der Waals surface area contributed by atoms with Gasteiger partial charge in [-0.05, 0) is 21.5 Å². The van der Waals surface area contributed by atoms with Crippen LogP contribution >= 0.6 is 0 Å². The molecule has 0 nitrogen and oxygen atoms in total. The summed E-state index contributed by atoms with van der Waals surface area (Å²) in [5.41, 5.74) is 7.82. The summed E-state index contributed by atoms with van der Waals surface area (Å²) < 4.78 is 0. The molecule has 0 spiro atoms. The molecule has 0 bridgehead atoms. The fourth-order valence-corrected chi connectivity index (χ4v) is 5.01. The molecule has 6 rings (SSSR count). The van der Waals surface area contributed by atoms with Crippen LogP contribution in [0.3, 0.4) is 0 Å². The molecular formula is C34H30Cl2Zr. The maximum absolute atomic E-state index is 3.44. The van der Waals surface area contributed by atoms with E-state index in [2.05, 4.69) is 137 Å². The van der Waals surface area contributed by atoms with E-state index in [0.29, 0.717) is 11.8 Å². The van der Waals surface area contributed by atoms with Crippen molar-refractivity contribution >= 4 is 32.7 Å². The largest absolute Gasteiger partial charge is 4.00 e. The van der Waals surface area contributed by atoms with Crippen LogP contribution in [0.5, 0.6) is 0 Å². The van der Waals surface area contributed by atoms with E-state index in [1.807, 2.05) is 0 Å². The summed E-state index contributed by atoms with van der Waals surface area (Å²) in [5.74, 6) is 0.882. The smallest absolute Gasteiger partial charge is 1.00 e. The molecule has 3 heteroatoms. The van der Waals surface area contributed by atoms with Gasteiger partial charge in [0.2, 0.25) is 0 Å². The maximum Gasteiger partial charge on any atom is 4.00 e. The molecule has 184 valence electrons. The molecule has 0 heterocycles. The average molecular weight is 601 g/mol. The molecule has 0 aromatic heterocycles. The van der Waals surface area contributed by atoms with Gasteiger partial charge in [-0.2, -0.15) is 23.3 Å². The fourth-order valence-electron chi connectivity index (χ4n) is 5.01. The van der Waals surface area contributed by atoms with Gasteiger partial charge in [0.05, 0.1) is 0 Å². The Bertz CT molecular complexity index is 1390. The Labute approximate surface area is 253 Å². The predicted molar refractivity (Wildman–Crippen MR) is 147 cm³/mol. The minimum Gasteiger partial charge on any atom is -1.00 e.